The molecule has 2 heterocycles. The summed E-state index contributed by atoms with van der Waals surface area (Å²) in [5.74, 6) is 1.18. The lowest BCUT2D eigenvalue weighted by Gasteiger charge is -2.12. The van der Waals surface area contributed by atoms with E-state index < -0.39 is 0 Å². The monoisotopic (exact) mass is 445 g/mol. The highest BCUT2D eigenvalue weighted by Crippen LogP contribution is 2.27. The van der Waals surface area contributed by atoms with Gasteiger partial charge in [0.1, 0.15) is 11.5 Å². The first kappa shape index (κ1) is 19.6. The van der Waals surface area contributed by atoms with Crippen LogP contribution >= 0.6 is 23.4 Å². The van der Waals surface area contributed by atoms with Crippen LogP contribution in [0.1, 0.15) is 5.76 Å². The van der Waals surface area contributed by atoms with E-state index in [1.54, 1.807) is 10.6 Å². The van der Waals surface area contributed by atoms with Crippen molar-refractivity contribution in [3.63, 3.8) is 0 Å². The molecule has 0 radical (unpaired) electrons. The van der Waals surface area contributed by atoms with Crippen molar-refractivity contribution in [2.75, 3.05) is 0 Å². The molecule has 0 fully saturated rings. The van der Waals surface area contributed by atoms with Gasteiger partial charge in [-0.25, -0.2) is 4.98 Å². The molecule has 0 N–H and O–H groups in total. The molecule has 0 aliphatic rings. The van der Waals surface area contributed by atoms with E-state index in [0.717, 1.165) is 16.9 Å². The number of hydrogen-bond acceptors (Lipinski definition) is 5. The fourth-order valence-corrected chi connectivity index (χ4v) is 4.30. The topological polar surface area (TPSA) is 60.9 Å². The van der Waals surface area contributed by atoms with Crippen LogP contribution in [0, 0.1) is 0 Å². The largest absolute Gasteiger partial charge is 0.360 e. The quantitative estimate of drug-likeness (QED) is 0.246. The molecule has 2 aromatic heterocycles. The molecule has 31 heavy (non-hydrogen) atoms. The number of para-hydroxylation sites is 2. The highest BCUT2D eigenvalue weighted by Gasteiger charge is 2.15. The predicted molar refractivity (Wildman–Crippen MR) is 124 cm³/mol. The van der Waals surface area contributed by atoms with Gasteiger partial charge in [-0.15, -0.1) is 0 Å². The number of fused-ring (bicyclic) bond motifs is 1. The number of halogens is 1. The lowest BCUT2D eigenvalue weighted by atomic mass is 10.1. The van der Waals surface area contributed by atoms with Crippen LogP contribution in [-0.2, 0) is 5.75 Å². The van der Waals surface area contributed by atoms with Crippen LogP contribution in [0.2, 0.25) is 5.02 Å². The number of aromatic nitrogens is 3. The van der Waals surface area contributed by atoms with Gasteiger partial charge in [-0.1, -0.05) is 71.0 Å². The van der Waals surface area contributed by atoms with Gasteiger partial charge in [-0.05, 0) is 36.4 Å². The zero-order chi connectivity index (χ0) is 21.2. The van der Waals surface area contributed by atoms with Crippen LogP contribution in [0.5, 0.6) is 0 Å². The number of benzene rings is 3. The summed E-state index contributed by atoms with van der Waals surface area (Å²) in [5, 5.41) is 6.01. The third kappa shape index (κ3) is 4.00. The smallest absolute Gasteiger partial charge is 0.266 e. The van der Waals surface area contributed by atoms with Crippen molar-refractivity contribution in [1.29, 1.82) is 0 Å². The predicted octanol–water partition coefficient (Wildman–Crippen LogP) is 5.99. The summed E-state index contributed by atoms with van der Waals surface area (Å²) in [5.41, 5.74) is 3.00. The van der Waals surface area contributed by atoms with Gasteiger partial charge in [0.2, 0.25) is 0 Å². The Labute approximate surface area is 187 Å². The van der Waals surface area contributed by atoms with Crippen LogP contribution in [0.15, 0.2) is 99.4 Å². The summed E-state index contributed by atoms with van der Waals surface area (Å²) in [4.78, 5) is 18.0. The average molecular weight is 446 g/mol. The highest BCUT2D eigenvalue weighted by atomic mass is 35.5. The Morgan fingerprint density at radius 3 is 2.48 bits per heavy atom. The zero-order valence-electron chi connectivity index (χ0n) is 16.2. The molecule has 0 saturated heterocycles. The molecule has 0 aliphatic carbocycles. The fraction of sp³-hybridized carbons (Fsp3) is 0.0417. The van der Waals surface area contributed by atoms with Crippen molar-refractivity contribution in [1.82, 2.24) is 14.7 Å². The molecule has 0 spiro atoms. The van der Waals surface area contributed by atoms with Gasteiger partial charge < -0.3 is 4.52 Å². The Hall–Kier alpha value is -3.35. The highest BCUT2D eigenvalue weighted by molar-refractivity contribution is 7.98. The van der Waals surface area contributed by atoms with Crippen molar-refractivity contribution < 1.29 is 4.52 Å². The van der Waals surface area contributed by atoms with Gasteiger partial charge in [0.15, 0.2) is 5.16 Å². The maximum absolute atomic E-state index is 13.2. The van der Waals surface area contributed by atoms with E-state index in [0.29, 0.717) is 32.6 Å². The Kier molecular flexibility index (Phi) is 5.32. The van der Waals surface area contributed by atoms with Gasteiger partial charge in [0.05, 0.1) is 22.3 Å². The van der Waals surface area contributed by atoms with Crippen LogP contribution in [0.3, 0.4) is 0 Å². The first-order chi connectivity index (χ1) is 15.2. The summed E-state index contributed by atoms with van der Waals surface area (Å²) in [7, 11) is 0. The minimum absolute atomic E-state index is 0.0984. The molecule has 0 atom stereocenters. The van der Waals surface area contributed by atoms with E-state index >= 15 is 0 Å². The first-order valence-corrected chi connectivity index (χ1v) is 11.0. The van der Waals surface area contributed by atoms with E-state index in [4.69, 9.17) is 21.1 Å². The number of rotatable bonds is 5. The van der Waals surface area contributed by atoms with Crippen molar-refractivity contribution in [2.45, 2.75) is 10.9 Å². The minimum Gasteiger partial charge on any atom is -0.360 e. The van der Waals surface area contributed by atoms with Crippen molar-refractivity contribution >= 4 is 34.3 Å². The summed E-state index contributed by atoms with van der Waals surface area (Å²) in [6, 6.07) is 26.2. The third-order valence-corrected chi connectivity index (χ3v) is 6.01. The Bertz CT molecular complexity index is 1410. The lowest BCUT2D eigenvalue weighted by molar-refractivity contribution is 0.397. The normalized spacial score (nSPS) is 11.1. The molecule has 0 unspecified atom stereocenters. The summed E-state index contributed by atoms with van der Waals surface area (Å²) >= 11 is 7.39. The van der Waals surface area contributed by atoms with Crippen molar-refractivity contribution in [3.8, 4) is 16.9 Å². The second-order valence-electron chi connectivity index (χ2n) is 6.86. The maximum atomic E-state index is 13.2. The van der Waals surface area contributed by atoms with Crippen LogP contribution in [0.4, 0.5) is 0 Å². The van der Waals surface area contributed by atoms with E-state index in [2.05, 4.69) is 5.16 Å². The fourth-order valence-electron chi connectivity index (χ4n) is 3.29. The SMILES string of the molecule is O=c1c2ccccc2nc(SCc2cc(-c3ccc(Cl)cc3)no2)n1-c1ccccc1. The van der Waals surface area contributed by atoms with Crippen LogP contribution < -0.4 is 5.56 Å². The van der Waals surface area contributed by atoms with Gasteiger partial charge in [-0.2, -0.15) is 0 Å². The zero-order valence-corrected chi connectivity index (χ0v) is 17.8. The van der Waals surface area contributed by atoms with Crippen molar-refractivity contribution in [3.05, 3.63) is 106 Å². The number of nitrogens with zero attached hydrogens (tertiary/aromatic N) is 3. The maximum Gasteiger partial charge on any atom is 0.266 e. The van der Waals surface area contributed by atoms with Crippen molar-refractivity contribution in [2.24, 2.45) is 0 Å². The molecule has 0 saturated carbocycles. The van der Waals surface area contributed by atoms with E-state index in [1.165, 1.54) is 11.8 Å². The van der Waals surface area contributed by atoms with Crippen LogP contribution in [0.25, 0.3) is 27.8 Å². The molecule has 3 aromatic carbocycles. The molecule has 152 valence electrons. The summed E-state index contributed by atoms with van der Waals surface area (Å²) in [6.45, 7) is 0. The average Bonchev–Trinajstić information content (AvgIpc) is 3.28. The van der Waals surface area contributed by atoms with Gasteiger partial charge in [-0.3, -0.25) is 9.36 Å². The first-order valence-electron chi connectivity index (χ1n) is 9.60. The standard InChI is InChI=1S/C24H16ClN3O2S/c25-17-12-10-16(11-13-17)22-14-19(30-27-22)15-31-24-26-21-9-5-4-8-20(21)23(29)28(24)18-6-2-1-3-7-18/h1-14H,15H2. The van der Waals surface area contributed by atoms with Gasteiger partial charge in [0, 0.05) is 16.7 Å². The number of hydrogen-bond donors (Lipinski definition) is 0. The van der Waals surface area contributed by atoms with E-state index in [1.807, 2.05) is 78.9 Å². The third-order valence-electron chi connectivity index (χ3n) is 4.80. The van der Waals surface area contributed by atoms with Gasteiger partial charge in [0.25, 0.3) is 5.56 Å². The molecular weight excluding hydrogens is 430 g/mol. The minimum atomic E-state index is -0.0984. The molecule has 0 amide bonds. The molecule has 7 heteroatoms. The lowest BCUT2D eigenvalue weighted by Crippen LogP contribution is -2.21. The van der Waals surface area contributed by atoms with Gasteiger partial charge >= 0.3 is 0 Å². The second-order valence-corrected chi connectivity index (χ2v) is 8.24. The Morgan fingerprint density at radius 2 is 1.68 bits per heavy atom. The van der Waals surface area contributed by atoms with E-state index in [-0.39, 0.29) is 5.56 Å². The second kappa shape index (κ2) is 8.41. The molecule has 0 aliphatic heterocycles. The molecular formula is C24H16ClN3O2S. The Balaban J connectivity index is 1.49. The Morgan fingerprint density at radius 1 is 0.935 bits per heavy atom. The molecule has 5 aromatic rings. The summed E-state index contributed by atoms with van der Waals surface area (Å²) < 4.78 is 7.16. The molecule has 5 nitrogen and oxygen atoms in total. The summed E-state index contributed by atoms with van der Waals surface area (Å²) in [6.07, 6.45) is 0. The van der Waals surface area contributed by atoms with Crippen LogP contribution in [-0.4, -0.2) is 14.7 Å². The van der Waals surface area contributed by atoms with E-state index in [9.17, 15) is 4.79 Å². The molecule has 0 bridgehead atoms. The molecule has 5 rings (SSSR count). The number of thioether (sulfide) groups is 1.